The van der Waals surface area contributed by atoms with Gasteiger partial charge in [0.2, 0.25) is 0 Å². The Labute approximate surface area is 118 Å². The molecule has 2 N–H and O–H groups in total. The van der Waals surface area contributed by atoms with E-state index in [4.69, 9.17) is 19.9 Å². The van der Waals surface area contributed by atoms with E-state index in [1.54, 1.807) is 32.4 Å². The van der Waals surface area contributed by atoms with Crippen molar-refractivity contribution < 1.29 is 14.2 Å². The first-order valence-corrected chi connectivity index (χ1v) is 6.20. The third-order valence-corrected chi connectivity index (χ3v) is 2.81. The van der Waals surface area contributed by atoms with Crippen molar-refractivity contribution in [2.24, 2.45) is 0 Å². The highest BCUT2D eigenvalue weighted by Crippen LogP contribution is 2.27. The van der Waals surface area contributed by atoms with Gasteiger partial charge in [-0.1, -0.05) is 0 Å². The summed E-state index contributed by atoms with van der Waals surface area (Å²) < 4.78 is 16.1. The normalized spacial score (nSPS) is 10.2. The quantitative estimate of drug-likeness (QED) is 0.849. The topological polar surface area (TPSA) is 66.6 Å². The van der Waals surface area contributed by atoms with Crippen molar-refractivity contribution in [2.75, 3.05) is 20.0 Å². The van der Waals surface area contributed by atoms with E-state index in [2.05, 4.69) is 4.98 Å². The fourth-order valence-corrected chi connectivity index (χ4v) is 1.81. The van der Waals surface area contributed by atoms with Gasteiger partial charge in [0.1, 0.15) is 23.9 Å². The van der Waals surface area contributed by atoms with Crippen LogP contribution in [0, 0.1) is 6.92 Å². The summed E-state index contributed by atoms with van der Waals surface area (Å²) in [5, 5.41) is 0. The minimum absolute atomic E-state index is 0.315. The maximum absolute atomic E-state index is 5.87. The van der Waals surface area contributed by atoms with Crippen LogP contribution >= 0.6 is 0 Å². The molecular weight excluding hydrogens is 256 g/mol. The van der Waals surface area contributed by atoms with Gasteiger partial charge in [-0.05, 0) is 19.1 Å². The molecule has 0 aliphatic rings. The van der Waals surface area contributed by atoms with Crippen molar-refractivity contribution in [2.45, 2.75) is 13.5 Å². The van der Waals surface area contributed by atoms with E-state index in [0.29, 0.717) is 23.8 Å². The Hall–Kier alpha value is -2.43. The number of nitrogens with zero attached hydrogens (tertiary/aromatic N) is 1. The lowest BCUT2D eigenvalue weighted by molar-refractivity contribution is 0.299. The van der Waals surface area contributed by atoms with Crippen LogP contribution < -0.4 is 19.9 Å². The highest BCUT2D eigenvalue weighted by molar-refractivity contribution is 5.55. The molecule has 1 heterocycles. The number of anilines is 1. The Kier molecular flexibility index (Phi) is 4.30. The lowest BCUT2D eigenvalue weighted by Crippen LogP contribution is -2.02. The molecule has 5 nitrogen and oxygen atoms in total. The van der Waals surface area contributed by atoms with E-state index in [9.17, 15) is 0 Å². The average Bonchev–Trinajstić information content (AvgIpc) is 2.45. The van der Waals surface area contributed by atoms with E-state index in [1.807, 2.05) is 19.1 Å². The zero-order valence-corrected chi connectivity index (χ0v) is 11.8. The van der Waals surface area contributed by atoms with Crippen molar-refractivity contribution in [3.05, 3.63) is 41.7 Å². The molecule has 0 radical (unpaired) electrons. The minimum Gasteiger partial charge on any atom is -0.497 e. The molecule has 0 spiro atoms. The first-order valence-electron chi connectivity index (χ1n) is 6.20. The number of hydrogen-bond acceptors (Lipinski definition) is 5. The zero-order chi connectivity index (χ0) is 14.5. The van der Waals surface area contributed by atoms with Crippen molar-refractivity contribution >= 4 is 5.69 Å². The molecule has 0 saturated heterocycles. The van der Waals surface area contributed by atoms with Gasteiger partial charge in [-0.15, -0.1) is 0 Å². The van der Waals surface area contributed by atoms with E-state index < -0.39 is 0 Å². The summed E-state index contributed by atoms with van der Waals surface area (Å²) in [5.74, 6) is 2.03. The van der Waals surface area contributed by atoms with Crippen LogP contribution in [-0.4, -0.2) is 19.2 Å². The van der Waals surface area contributed by atoms with Gasteiger partial charge in [0, 0.05) is 23.9 Å². The molecule has 0 amide bonds. The number of rotatable bonds is 5. The Morgan fingerprint density at radius 2 is 1.80 bits per heavy atom. The summed E-state index contributed by atoms with van der Waals surface area (Å²) in [7, 11) is 3.22. The van der Waals surface area contributed by atoms with Crippen LogP contribution in [0.4, 0.5) is 5.69 Å². The van der Waals surface area contributed by atoms with E-state index in [0.717, 1.165) is 17.1 Å². The fourth-order valence-electron chi connectivity index (χ4n) is 1.81. The molecule has 0 atom stereocenters. The molecule has 106 valence electrons. The van der Waals surface area contributed by atoms with Gasteiger partial charge in [-0.3, -0.25) is 4.98 Å². The summed E-state index contributed by atoms with van der Waals surface area (Å²) in [4.78, 5) is 4.39. The number of aromatic nitrogens is 1. The van der Waals surface area contributed by atoms with E-state index in [1.165, 1.54) is 0 Å². The van der Waals surface area contributed by atoms with Gasteiger partial charge in [0.05, 0.1) is 25.6 Å². The second kappa shape index (κ2) is 6.14. The molecule has 0 saturated carbocycles. The predicted molar refractivity (Wildman–Crippen MR) is 77.3 cm³/mol. The third-order valence-electron chi connectivity index (χ3n) is 2.81. The highest BCUT2D eigenvalue weighted by Gasteiger charge is 2.06. The number of ether oxygens (including phenoxy) is 3. The van der Waals surface area contributed by atoms with Gasteiger partial charge >= 0.3 is 0 Å². The van der Waals surface area contributed by atoms with Gasteiger partial charge in [0.25, 0.3) is 0 Å². The lowest BCUT2D eigenvalue weighted by Gasteiger charge is -2.11. The first kappa shape index (κ1) is 14.0. The Bertz CT molecular complexity index is 600. The summed E-state index contributed by atoms with van der Waals surface area (Å²) in [6.07, 6.45) is 0. The molecular formula is C15H18N2O3. The number of pyridine rings is 1. The van der Waals surface area contributed by atoms with Crippen molar-refractivity contribution in [3.8, 4) is 17.2 Å². The van der Waals surface area contributed by atoms with Crippen LogP contribution in [0.15, 0.2) is 30.3 Å². The molecule has 0 aliphatic heterocycles. The molecule has 0 fully saturated rings. The molecule has 2 rings (SSSR count). The van der Waals surface area contributed by atoms with Crippen LogP contribution in [0.2, 0.25) is 0 Å². The van der Waals surface area contributed by atoms with E-state index in [-0.39, 0.29) is 0 Å². The van der Waals surface area contributed by atoms with Gasteiger partial charge in [0.15, 0.2) is 0 Å². The van der Waals surface area contributed by atoms with Crippen LogP contribution in [-0.2, 0) is 6.61 Å². The van der Waals surface area contributed by atoms with Crippen LogP contribution in [0.5, 0.6) is 17.2 Å². The van der Waals surface area contributed by atoms with Crippen LogP contribution in [0.3, 0.4) is 0 Å². The number of nitrogen functional groups attached to an aromatic ring is 1. The van der Waals surface area contributed by atoms with E-state index >= 15 is 0 Å². The number of hydrogen-bond donors (Lipinski definition) is 1. The summed E-state index contributed by atoms with van der Waals surface area (Å²) in [5.41, 5.74) is 8.09. The Morgan fingerprint density at radius 1 is 1.05 bits per heavy atom. The molecule has 0 unspecified atom stereocenters. The van der Waals surface area contributed by atoms with Crippen molar-refractivity contribution in [1.82, 2.24) is 4.98 Å². The average molecular weight is 274 g/mol. The van der Waals surface area contributed by atoms with Gasteiger partial charge in [-0.25, -0.2) is 0 Å². The molecule has 0 bridgehead atoms. The Balaban J connectivity index is 2.14. The lowest BCUT2D eigenvalue weighted by atomic mass is 10.2. The standard InChI is InChI=1S/C15H18N2O3/c1-10-6-13(19-3)7-11(17-10)9-20-15-8-12(18-2)4-5-14(15)16/h4-8H,9,16H2,1-3H3. The smallest absolute Gasteiger partial charge is 0.146 e. The zero-order valence-electron chi connectivity index (χ0n) is 11.8. The third kappa shape index (κ3) is 3.32. The monoisotopic (exact) mass is 274 g/mol. The number of nitrogens with two attached hydrogens (primary N) is 1. The van der Waals surface area contributed by atoms with Crippen LogP contribution in [0.1, 0.15) is 11.4 Å². The maximum Gasteiger partial charge on any atom is 0.146 e. The summed E-state index contributed by atoms with van der Waals surface area (Å²) >= 11 is 0. The Morgan fingerprint density at radius 3 is 2.50 bits per heavy atom. The fraction of sp³-hybridized carbons (Fsp3) is 0.267. The maximum atomic E-state index is 5.87. The number of methoxy groups -OCH3 is 2. The first-order chi connectivity index (χ1) is 9.62. The molecule has 0 aliphatic carbocycles. The predicted octanol–water partition coefficient (Wildman–Crippen LogP) is 2.57. The van der Waals surface area contributed by atoms with Gasteiger partial charge in [-0.2, -0.15) is 0 Å². The SMILES string of the molecule is COc1cc(C)nc(COc2cc(OC)ccc2N)c1. The second-order valence-electron chi connectivity index (χ2n) is 4.33. The molecule has 1 aromatic heterocycles. The van der Waals surface area contributed by atoms with Gasteiger partial charge < -0.3 is 19.9 Å². The number of aryl methyl sites for hydroxylation is 1. The molecule has 5 heteroatoms. The molecule has 1 aromatic carbocycles. The van der Waals surface area contributed by atoms with Crippen LogP contribution in [0.25, 0.3) is 0 Å². The molecule has 2 aromatic rings. The second-order valence-corrected chi connectivity index (χ2v) is 4.33. The van der Waals surface area contributed by atoms with Crippen molar-refractivity contribution in [1.29, 1.82) is 0 Å². The minimum atomic E-state index is 0.315. The van der Waals surface area contributed by atoms with Crippen molar-refractivity contribution in [3.63, 3.8) is 0 Å². The number of benzene rings is 1. The summed E-state index contributed by atoms with van der Waals surface area (Å²) in [6.45, 7) is 2.22. The molecule has 20 heavy (non-hydrogen) atoms. The largest absolute Gasteiger partial charge is 0.497 e. The summed E-state index contributed by atoms with van der Waals surface area (Å²) in [6, 6.07) is 8.99. The highest BCUT2D eigenvalue weighted by atomic mass is 16.5.